The van der Waals surface area contributed by atoms with Crippen LogP contribution in [0.5, 0.6) is 0 Å². The molecule has 0 aromatic carbocycles. The molecule has 24 heavy (non-hydrogen) atoms. The Kier molecular flexibility index (Phi) is 5.03. The quantitative estimate of drug-likeness (QED) is 0.804. The van der Waals surface area contributed by atoms with Gasteiger partial charge in [0.05, 0.1) is 6.04 Å². The van der Waals surface area contributed by atoms with Gasteiger partial charge in [-0.1, -0.05) is 0 Å². The highest BCUT2D eigenvalue weighted by Crippen LogP contribution is 2.35. The summed E-state index contributed by atoms with van der Waals surface area (Å²) in [5.74, 6) is 1.54. The van der Waals surface area contributed by atoms with Gasteiger partial charge in [0.1, 0.15) is 11.5 Å². The van der Waals surface area contributed by atoms with Gasteiger partial charge >= 0.3 is 0 Å². The molecule has 130 valence electrons. The molecule has 0 unspecified atom stereocenters. The van der Waals surface area contributed by atoms with Gasteiger partial charge in [0.2, 0.25) is 0 Å². The maximum atomic E-state index is 12.9. The average molecular weight is 349 g/mol. The van der Waals surface area contributed by atoms with Crippen LogP contribution < -0.4 is 0 Å². The molecule has 1 atom stereocenters. The molecule has 0 amide bonds. The van der Waals surface area contributed by atoms with Crippen molar-refractivity contribution in [3.63, 3.8) is 0 Å². The van der Waals surface area contributed by atoms with Crippen LogP contribution in [0.2, 0.25) is 0 Å². The van der Waals surface area contributed by atoms with Crippen LogP contribution in [0.15, 0.2) is 41.1 Å². The molecule has 1 aliphatic heterocycles. The van der Waals surface area contributed by atoms with E-state index in [-0.39, 0.29) is 6.04 Å². The van der Waals surface area contributed by atoms with Crippen LogP contribution >= 0.6 is 0 Å². The highest BCUT2D eigenvalue weighted by atomic mass is 32.2. The molecule has 1 saturated heterocycles. The van der Waals surface area contributed by atoms with E-state index < -0.39 is 10.2 Å². The minimum absolute atomic E-state index is 0.202. The first-order chi connectivity index (χ1) is 11.5. The third-order valence-corrected chi connectivity index (χ3v) is 6.45. The Labute approximate surface area is 143 Å². The van der Waals surface area contributed by atoms with Gasteiger partial charge in [0.25, 0.3) is 10.2 Å². The second-order valence-corrected chi connectivity index (χ2v) is 8.14. The molecule has 6 nitrogen and oxygen atoms in total. The van der Waals surface area contributed by atoms with E-state index in [1.54, 1.807) is 23.7 Å². The molecule has 0 N–H and O–H groups in total. The lowest BCUT2D eigenvalue weighted by Crippen LogP contribution is -2.42. The van der Waals surface area contributed by atoms with Crippen molar-refractivity contribution in [3.8, 4) is 0 Å². The summed E-state index contributed by atoms with van der Waals surface area (Å²) in [5.41, 5.74) is 1.08. The second-order valence-electron chi connectivity index (χ2n) is 6.15. The molecule has 1 fully saturated rings. The molecule has 2 aromatic heterocycles. The number of hydrogen-bond acceptors (Lipinski definition) is 4. The normalized spacial score (nSPS) is 19.2. The minimum atomic E-state index is -3.51. The second kappa shape index (κ2) is 7.04. The van der Waals surface area contributed by atoms with E-state index >= 15 is 0 Å². The molecule has 0 aliphatic carbocycles. The Morgan fingerprint density at radius 1 is 1.29 bits per heavy atom. The van der Waals surface area contributed by atoms with Gasteiger partial charge in [-0.3, -0.25) is 4.98 Å². The molecule has 0 bridgehead atoms. The first-order valence-electron chi connectivity index (χ1n) is 8.17. The summed E-state index contributed by atoms with van der Waals surface area (Å²) >= 11 is 0. The molecular weight excluding hydrogens is 326 g/mol. The van der Waals surface area contributed by atoms with Gasteiger partial charge in [-0.05, 0) is 56.0 Å². The van der Waals surface area contributed by atoms with E-state index in [4.69, 9.17) is 4.42 Å². The van der Waals surface area contributed by atoms with E-state index in [1.165, 1.54) is 4.31 Å². The van der Waals surface area contributed by atoms with Gasteiger partial charge in [-0.25, -0.2) is 0 Å². The molecule has 2 aromatic rings. The van der Waals surface area contributed by atoms with Crippen molar-refractivity contribution in [2.75, 3.05) is 20.1 Å². The van der Waals surface area contributed by atoms with Crippen molar-refractivity contribution < 1.29 is 12.8 Å². The number of aromatic nitrogens is 1. The summed E-state index contributed by atoms with van der Waals surface area (Å²) < 4.78 is 34.6. The lowest BCUT2D eigenvalue weighted by atomic mass is 10.2. The van der Waals surface area contributed by atoms with Crippen molar-refractivity contribution >= 4 is 10.2 Å². The fraction of sp³-hybridized carbons (Fsp3) is 0.471. The maximum Gasteiger partial charge on any atom is 0.282 e. The lowest BCUT2D eigenvalue weighted by molar-refractivity contribution is 0.309. The standard InChI is InChI=1S/C17H23N3O3S/c1-14-5-6-17(23-14)16-4-3-12-20(16)24(21,22)19(2)13-9-15-7-10-18-11-8-15/h5-8,10-11,16H,3-4,9,12-13H2,1-2H3/t16-/m1/s1. The summed E-state index contributed by atoms with van der Waals surface area (Å²) in [6.45, 7) is 2.84. The molecule has 0 spiro atoms. The van der Waals surface area contributed by atoms with Gasteiger partial charge in [0.15, 0.2) is 0 Å². The van der Waals surface area contributed by atoms with Gasteiger partial charge in [-0.15, -0.1) is 0 Å². The highest BCUT2D eigenvalue weighted by Gasteiger charge is 2.38. The number of pyridine rings is 1. The zero-order valence-electron chi connectivity index (χ0n) is 14.1. The van der Waals surface area contributed by atoms with E-state index in [2.05, 4.69) is 4.98 Å². The highest BCUT2D eigenvalue weighted by molar-refractivity contribution is 7.86. The Balaban J connectivity index is 1.71. The van der Waals surface area contributed by atoms with Crippen LogP contribution in [0.25, 0.3) is 0 Å². The molecule has 3 heterocycles. The third-order valence-electron chi connectivity index (χ3n) is 4.45. The van der Waals surface area contributed by atoms with Crippen LogP contribution in [-0.4, -0.2) is 42.1 Å². The van der Waals surface area contributed by atoms with Gasteiger partial charge in [0, 0.05) is 32.5 Å². The molecule has 0 saturated carbocycles. The summed E-state index contributed by atoms with van der Waals surface area (Å²) in [5, 5.41) is 0. The van der Waals surface area contributed by atoms with Gasteiger partial charge in [-0.2, -0.15) is 17.0 Å². The van der Waals surface area contributed by atoms with E-state index in [1.807, 2.05) is 31.2 Å². The van der Waals surface area contributed by atoms with Gasteiger partial charge < -0.3 is 4.42 Å². The minimum Gasteiger partial charge on any atom is -0.465 e. The topological polar surface area (TPSA) is 66.7 Å². The Bertz CT molecular complexity index is 773. The third kappa shape index (κ3) is 3.53. The Morgan fingerprint density at radius 3 is 2.71 bits per heavy atom. The van der Waals surface area contributed by atoms with Crippen molar-refractivity contribution in [2.45, 2.75) is 32.2 Å². The zero-order valence-corrected chi connectivity index (χ0v) is 14.9. The smallest absolute Gasteiger partial charge is 0.282 e. The fourth-order valence-electron chi connectivity index (χ4n) is 3.06. The van der Waals surface area contributed by atoms with Crippen molar-refractivity contribution in [2.24, 2.45) is 0 Å². The summed E-state index contributed by atoms with van der Waals surface area (Å²) in [6.07, 6.45) is 5.75. The van der Waals surface area contributed by atoms with Crippen LogP contribution in [0.1, 0.15) is 36.0 Å². The Hall–Kier alpha value is -1.70. The summed E-state index contributed by atoms with van der Waals surface area (Å²) in [6, 6.07) is 7.37. The van der Waals surface area contributed by atoms with Crippen molar-refractivity contribution in [1.29, 1.82) is 0 Å². The number of likely N-dealkylation sites (N-methyl/N-ethyl adjacent to an activating group) is 1. The molecule has 0 radical (unpaired) electrons. The number of furan rings is 1. The Morgan fingerprint density at radius 2 is 2.04 bits per heavy atom. The van der Waals surface area contributed by atoms with E-state index in [9.17, 15) is 8.42 Å². The van der Waals surface area contributed by atoms with Crippen LogP contribution in [0.3, 0.4) is 0 Å². The number of rotatable bonds is 6. The molecule has 7 heteroatoms. The lowest BCUT2D eigenvalue weighted by Gasteiger charge is -2.28. The number of hydrogen-bond donors (Lipinski definition) is 0. The van der Waals surface area contributed by atoms with Crippen molar-refractivity contribution in [1.82, 2.24) is 13.6 Å². The average Bonchev–Trinajstić information content (AvgIpc) is 3.22. The first-order valence-corrected chi connectivity index (χ1v) is 9.56. The molecular formula is C17H23N3O3S. The summed E-state index contributed by atoms with van der Waals surface area (Å²) in [4.78, 5) is 3.98. The van der Waals surface area contributed by atoms with Crippen LogP contribution in [0, 0.1) is 6.92 Å². The largest absolute Gasteiger partial charge is 0.465 e. The number of aryl methyl sites for hydroxylation is 1. The fourth-order valence-corrected chi connectivity index (χ4v) is 4.63. The molecule has 3 rings (SSSR count). The predicted octanol–water partition coefficient (Wildman–Crippen LogP) is 2.54. The van der Waals surface area contributed by atoms with Crippen molar-refractivity contribution in [3.05, 3.63) is 53.7 Å². The maximum absolute atomic E-state index is 12.9. The predicted molar refractivity (Wildman–Crippen MR) is 91.6 cm³/mol. The van der Waals surface area contributed by atoms with Crippen LogP contribution in [-0.2, 0) is 16.6 Å². The first kappa shape index (κ1) is 17.1. The molecule has 1 aliphatic rings. The zero-order chi connectivity index (χ0) is 17.2. The summed E-state index contributed by atoms with van der Waals surface area (Å²) in [7, 11) is -1.87. The van der Waals surface area contributed by atoms with E-state index in [0.29, 0.717) is 19.5 Å². The van der Waals surface area contributed by atoms with E-state index in [0.717, 1.165) is 29.9 Å². The monoisotopic (exact) mass is 349 g/mol. The van der Waals surface area contributed by atoms with Crippen LogP contribution in [0.4, 0.5) is 0 Å². The number of nitrogens with zero attached hydrogens (tertiary/aromatic N) is 3. The SMILES string of the molecule is Cc1ccc([C@H]2CCCN2S(=O)(=O)N(C)CCc2ccncc2)o1.